The minimum absolute atomic E-state index is 0.233. The van der Waals surface area contributed by atoms with Gasteiger partial charge in [-0.25, -0.2) is 9.59 Å². The molecule has 0 saturated heterocycles. The van der Waals surface area contributed by atoms with Crippen molar-refractivity contribution in [1.29, 1.82) is 0 Å². The number of rotatable bonds is 7. The molecule has 0 aliphatic heterocycles. The fraction of sp³-hybridized carbons (Fsp3) is 0.538. The van der Waals surface area contributed by atoms with Gasteiger partial charge in [0.05, 0.1) is 19.8 Å². The van der Waals surface area contributed by atoms with Gasteiger partial charge in [-0.3, -0.25) is 0 Å². The number of carbonyl (C=O) groups excluding carboxylic acids is 2. The summed E-state index contributed by atoms with van der Waals surface area (Å²) in [5.41, 5.74) is 0.489. The molecule has 1 aromatic heterocycles. The van der Waals surface area contributed by atoms with Crippen molar-refractivity contribution < 1.29 is 28.5 Å². The summed E-state index contributed by atoms with van der Waals surface area (Å²) in [6.07, 6.45) is 0.663. The topological polar surface area (TPSA) is 71.1 Å². The van der Waals surface area contributed by atoms with E-state index in [1.807, 2.05) is 0 Å². The van der Waals surface area contributed by atoms with Gasteiger partial charge in [0.15, 0.2) is 0 Å². The molecule has 7 heteroatoms. The van der Waals surface area contributed by atoms with Crippen molar-refractivity contribution in [3.8, 4) is 0 Å². The predicted molar refractivity (Wildman–Crippen MR) is 72.7 cm³/mol. The van der Waals surface area contributed by atoms with Crippen molar-refractivity contribution in [3.05, 3.63) is 21.9 Å². The monoisotopic (exact) mass is 302 g/mol. The molecule has 0 unspecified atom stereocenters. The fourth-order valence-electron chi connectivity index (χ4n) is 1.82. The Balaban J connectivity index is 2.86. The van der Waals surface area contributed by atoms with Gasteiger partial charge < -0.3 is 18.9 Å². The predicted octanol–water partition coefficient (Wildman–Crippen LogP) is 1.63. The van der Waals surface area contributed by atoms with Crippen LogP contribution < -0.4 is 0 Å². The highest BCUT2D eigenvalue weighted by Gasteiger charge is 2.40. The van der Waals surface area contributed by atoms with E-state index in [0.717, 1.165) is 4.88 Å². The lowest BCUT2D eigenvalue weighted by Gasteiger charge is -2.27. The van der Waals surface area contributed by atoms with Crippen molar-refractivity contribution in [3.63, 3.8) is 0 Å². The van der Waals surface area contributed by atoms with Gasteiger partial charge in [0, 0.05) is 25.5 Å². The highest BCUT2D eigenvalue weighted by atomic mass is 32.1. The van der Waals surface area contributed by atoms with E-state index in [1.54, 1.807) is 11.4 Å². The largest absolute Gasteiger partial charge is 0.465 e. The lowest BCUT2D eigenvalue weighted by atomic mass is 10.1. The maximum Gasteiger partial charge on any atom is 0.366 e. The molecule has 0 saturated carbocycles. The second-order valence-corrected chi connectivity index (χ2v) is 4.90. The first-order chi connectivity index (χ1) is 9.54. The summed E-state index contributed by atoms with van der Waals surface area (Å²) < 4.78 is 19.7. The van der Waals surface area contributed by atoms with Crippen molar-refractivity contribution in [2.45, 2.75) is 18.6 Å². The molecule has 0 aliphatic rings. The fourth-order valence-corrected chi connectivity index (χ4v) is 2.68. The Kier molecular flexibility index (Phi) is 6.12. The van der Waals surface area contributed by atoms with Crippen LogP contribution in [0, 0.1) is 0 Å². The average Bonchev–Trinajstić information content (AvgIpc) is 2.96. The lowest BCUT2D eigenvalue weighted by molar-refractivity contribution is -0.230. The van der Waals surface area contributed by atoms with Crippen molar-refractivity contribution in [2.24, 2.45) is 0 Å². The first kappa shape index (κ1) is 16.6. The van der Waals surface area contributed by atoms with Gasteiger partial charge in [0.2, 0.25) is 0 Å². The highest BCUT2D eigenvalue weighted by molar-refractivity contribution is 7.10. The Morgan fingerprint density at radius 2 is 1.80 bits per heavy atom. The molecule has 0 radical (unpaired) electrons. The van der Waals surface area contributed by atoms with Gasteiger partial charge in [0.1, 0.15) is 0 Å². The third-order valence-corrected chi connectivity index (χ3v) is 3.97. The number of carbonyl (C=O) groups is 2. The van der Waals surface area contributed by atoms with E-state index in [0.29, 0.717) is 12.0 Å². The molecule has 0 aromatic carbocycles. The highest BCUT2D eigenvalue weighted by Crippen LogP contribution is 2.25. The molecule has 0 spiro atoms. The van der Waals surface area contributed by atoms with Crippen molar-refractivity contribution in [1.82, 2.24) is 0 Å². The Labute approximate surface area is 121 Å². The minimum Gasteiger partial charge on any atom is -0.465 e. The van der Waals surface area contributed by atoms with E-state index in [1.165, 1.54) is 39.8 Å². The summed E-state index contributed by atoms with van der Waals surface area (Å²) in [7, 11) is 5.33. The van der Waals surface area contributed by atoms with Crippen LogP contribution >= 0.6 is 11.3 Å². The number of methoxy groups -OCH3 is 4. The van der Waals surface area contributed by atoms with Crippen LogP contribution in [0.4, 0.5) is 0 Å². The van der Waals surface area contributed by atoms with Crippen LogP contribution in [0.1, 0.15) is 21.7 Å². The third-order valence-electron chi connectivity index (χ3n) is 2.99. The first-order valence-corrected chi connectivity index (χ1v) is 6.76. The molecule has 0 N–H and O–H groups in total. The van der Waals surface area contributed by atoms with Gasteiger partial charge in [-0.2, -0.15) is 0 Å². The number of ether oxygens (including phenoxy) is 4. The smallest absolute Gasteiger partial charge is 0.366 e. The average molecular weight is 302 g/mol. The SMILES string of the molecule is COC(=O)c1ccsc1CCC(OC)(OC)C(=O)OC. The Morgan fingerprint density at radius 1 is 1.15 bits per heavy atom. The number of thiophene rings is 1. The normalized spacial score (nSPS) is 11.2. The van der Waals surface area contributed by atoms with Crippen LogP contribution in [-0.4, -0.2) is 46.2 Å². The van der Waals surface area contributed by atoms with Crippen LogP contribution in [0.25, 0.3) is 0 Å². The summed E-state index contributed by atoms with van der Waals surface area (Å²) in [6, 6.07) is 1.69. The zero-order chi connectivity index (χ0) is 15.2. The number of aryl methyl sites for hydroxylation is 1. The number of hydrogen-bond acceptors (Lipinski definition) is 7. The summed E-state index contributed by atoms with van der Waals surface area (Å²) in [5, 5.41) is 1.79. The van der Waals surface area contributed by atoms with E-state index in [2.05, 4.69) is 4.74 Å². The van der Waals surface area contributed by atoms with Crippen LogP contribution in [0.2, 0.25) is 0 Å². The van der Waals surface area contributed by atoms with Gasteiger partial charge in [-0.05, 0) is 17.9 Å². The Morgan fingerprint density at radius 3 is 2.30 bits per heavy atom. The summed E-state index contributed by atoms with van der Waals surface area (Å²) >= 11 is 1.41. The molecule has 112 valence electrons. The molecule has 0 fully saturated rings. The Hall–Kier alpha value is -1.44. The van der Waals surface area contributed by atoms with Gasteiger partial charge >= 0.3 is 11.9 Å². The molecular weight excluding hydrogens is 284 g/mol. The van der Waals surface area contributed by atoms with E-state index >= 15 is 0 Å². The van der Waals surface area contributed by atoms with Crippen molar-refractivity contribution in [2.75, 3.05) is 28.4 Å². The minimum atomic E-state index is -1.47. The van der Waals surface area contributed by atoms with E-state index in [4.69, 9.17) is 14.2 Å². The maximum absolute atomic E-state index is 11.8. The van der Waals surface area contributed by atoms with E-state index in [9.17, 15) is 9.59 Å². The number of hydrogen-bond donors (Lipinski definition) is 0. The van der Waals surface area contributed by atoms with Crippen LogP contribution in [0.3, 0.4) is 0 Å². The summed E-state index contributed by atoms with van der Waals surface area (Å²) in [4.78, 5) is 24.2. The molecule has 0 aliphatic carbocycles. The second kappa shape index (κ2) is 7.37. The van der Waals surface area contributed by atoms with Crippen LogP contribution in [-0.2, 0) is 30.2 Å². The summed E-state index contributed by atoms with van der Waals surface area (Å²) in [6.45, 7) is 0. The van der Waals surface area contributed by atoms with Gasteiger partial charge in [-0.15, -0.1) is 11.3 Å². The van der Waals surface area contributed by atoms with Crippen molar-refractivity contribution >= 4 is 23.3 Å². The molecule has 1 aromatic rings. The maximum atomic E-state index is 11.8. The third kappa shape index (κ3) is 3.36. The molecule has 0 amide bonds. The van der Waals surface area contributed by atoms with Gasteiger partial charge in [-0.1, -0.05) is 0 Å². The summed E-state index contributed by atoms with van der Waals surface area (Å²) in [5.74, 6) is -2.48. The quantitative estimate of drug-likeness (QED) is 0.563. The van der Waals surface area contributed by atoms with E-state index in [-0.39, 0.29) is 6.42 Å². The van der Waals surface area contributed by atoms with Crippen LogP contribution in [0.5, 0.6) is 0 Å². The second-order valence-electron chi connectivity index (χ2n) is 3.90. The Bertz CT molecular complexity index is 463. The molecular formula is C13H18O6S. The van der Waals surface area contributed by atoms with Crippen LogP contribution in [0.15, 0.2) is 11.4 Å². The number of esters is 2. The standard InChI is InChI=1S/C13H18O6S/c1-16-11(14)9-6-8-20-10(9)5-7-13(18-3,19-4)12(15)17-2/h6,8H,5,7H2,1-4H3. The molecule has 20 heavy (non-hydrogen) atoms. The lowest BCUT2D eigenvalue weighted by Crippen LogP contribution is -2.44. The first-order valence-electron chi connectivity index (χ1n) is 5.88. The molecule has 1 rings (SSSR count). The zero-order valence-corrected chi connectivity index (χ0v) is 12.7. The van der Waals surface area contributed by atoms with E-state index < -0.39 is 17.7 Å². The molecule has 6 nitrogen and oxygen atoms in total. The molecule has 0 atom stereocenters. The molecule has 0 bridgehead atoms. The van der Waals surface area contributed by atoms with Gasteiger partial charge in [0.25, 0.3) is 5.79 Å². The zero-order valence-electron chi connectivity index (χ0n) is 11.9. The molecule has 1 heterocycles.